The lowest BCUT2D eigenvalue weighted by molar-refractivity contribution is 0.149. The highest BCUT2D eigenvalue weighted by Crippen LogP contribution is 2.24. The van der Waals surface area contributed by atoms with Gasteiger partial charge < -0.3 is 28.7 Å². The predicted molar refractivity (Wildman–Crippen MR) is 135 cm³/mol. The van der Waals surface area contributed by atoms with E-state index in [1.54, 1.807) is 0 Å². The minimum Gasteiger partial charge on any atom is -0.493 e. The van der Waals surface area contributed by atoms with Crippen LogP contribution in [0.2, 0.25) is 0 Å². The molecule has 2 atom stereocenters. The summed E-state index contributed by atoms with van der Waals surface area (Å²) in [5.41, 5.74) is 0. The van der Waals surface area contributed by atoms with Crippen LogP contribution in [0.25, 0.3) is 0 Å². The molecule has 0 aromatic heterocycles. The van der Waals surface area contributed by atoms with Gasteiger partial charge in [-0.05, 0) is 77.1 Å². The van der Waals surface area contributed by atoms with Crippen LogP contribution in [0.4, 0.5) is 0 Å². The fourth-order valence-corrected chi connectivity index (χ4v) is 4.87. The van der Waals surface area contributed by atoms with Gasteiger partial charge in [-0.25, -0.2) is 0 Å². The van der Waals surface area contributed by atoms with E-state index in [1.165, 1.54) is 38.8 Å². The summed E-state index contributed by atoms with van der Waals surface area (Å²) in [7, 11) is 4.37. The third-order valence-electron chi connectivity index (χ3n) is 6.65. The molecule has 6 nitrogen and oxygen atoms in total. The zero-order valence-electron chi connectivity index (χ0n) is 20.8. The molecule has 2 aromatic rings. The highest BCUT2D eigenvalue weighted by Gasteiger charge is 2.18. The minimum atomic E-state index is 0.469. The first kappa shape index (κ1) is 24.7. The molecule has 6 heteroatoms. The summed E-state index contributed by atoms with van der Waals surface area (Å²) < 4.78 is 23.9. The van der Waals surface area contributed by atoms with Crippen LogP contribution in [0, 0.1) is 11.8 Å². The molecule has 0 aliphatic carbocycles. The number of benzene rings is 2. The summed E-state index contributed by atoms with van der Waals surface area (Å²) in [5.74, 6) is 4.52. The van der Waals surface area contributed by atoms with Crippen molar-refractivity contribution in [1.29, 1.82) is 0 Å². The molecule has 0 saturated carbocycles. The van der Waals surface area contributed by atoms with Crippen LogP contribution in [0.5, 0.6) is 23.0 Å². The lowest BCUT2D eigenvalue weighted by Gasteiger charge is -2.29. The van der Waals surface area contributed by atoms with Crippen LogP contribution in [-0.2, 0) is 0 Å². The average molecular weight is 469 g/mol. The minimum absolute atomic E-state index is 0.469. The lowest BCUT2D eigenvalue weighted by Crippen LogP contribution is -2.34. The summed E-state index contributed by atoms with van der Waals surface area (Å²) in [4.78, 5) is 4.77. The molecule has 186 valence electrons. The second kappa shape index (κ2) is 12.9. The van der Waals surface area contributed by atoms with Crippen molar-refractivity contribution in [3.05, 3.63) is 48.5 Å². The number of ether oxygens (including phenoxy) is 4. The van der Waals surface area contributed by atoms with Crippen molar-refractivity contribution < 1.29 is 18.9 Å². The molecule has 0 spiro atoms. The highest BCUT2D eigenvalue weighted by molar-refractivity contribution is 5.34. The van der Waals surface area contributed by atoms with Crippen LogP contribution in [0.3, 0.4) is 0 Å². The standard InChI is InChI=1S/C28H40N2O4/c1-29-13-5-7-23(19-29)21-33-27-11-3-9-25(17-27)31-15-16-32-26-10-4-12-28(18-26)34-22-24-8-6-14-30(2)20-24/h3-4,9-12,17-18,23-24H,5-8,13-16,19-22H2,1-2H3. The van der Waals surface area contributed by atoms with Gasteiger partial charge in [0.05, 0.1) is 13.2 Å². The van der Waals surface area contributed by atoms with Crippen molar-refractivity contribution in [1.82, 2.24) is 9.80 Å². The zero-order valence-corrected chi connectivity index (χ0v) is 20.8. The molecule has 0 radical (unpaired) electrons. The topological polar surface area (TPSA) is 43.4 Å². The van der Waals surface area contributed by atoms with E-state index < -0.39 is 0 Å². The zero-order chi connectivity index (χ0) is 23.6. The Balaban J connectivity index is 1.16. The number of likely N-dealkylation sites (tertiary alicyclic amines) is 2. The highest BCUT2D eigenvalue weighted by atomic mass is 16.5. The van der Waals surface area contributed by atoms with E-state index in [2.05, 4.69) is 23.9 Å². The Hall–Kier alpha value is -2.44. The number of rotatable bonds is 11. The maximum atomic E-state index is 6.04. The van der Waals surface area contributed by atoms with Crippen LogP contribution >= 0.6 is 0 Å². The molecule has 0 amide bonds. The molecule has 34 heavy (non-hydrogen) atoms. The third kappa shape index (κ3) is 8.10. The van der Waals surface area contributed by atoms with Gasteiger partial charge in [0.25, 0.3) is 0 Å². The molecule has 2 unspecified atom stereocenters. The molecule has 4 rings (SSSR count). The summed E-state index contributed by atoms with van der Waals surface area (Å²) in [6.07, 6.45) is 4.98. The number of hydrogen-bond donors (Lipinski definition) is 0. The normalized spacial score (nSPS) is 21.7. The Morgan fingerprint density at radius 3 is 1.47 bits per heavy atom. The fraction of sp³-hybridized carbons (Fsp3) is 0.571. The second-order valence-corrected chi connectivity index (χ2v) is 9.81. The van der Waals surface area contributed by atoms with Crippen molar-refractivity contribution in [2.45, 2.75) is 25.7 Å². The Morgan fingerprint density at radius 2 is 1.06 bits per heavy atom. The van der Waals surface area contributed by atoms with E-state index >= 15 is 0 Å². The average Bonchev–Trinajstić information content (AvgIpc) is 2.85. The van der Waals surface area contributed by atoms with Crippen molar-refractivity contribution in [2.75, 3.05) is 66.7 Å². The van der Waals surface area contributed by atoms with Gasteiger partial charge in [0.2, 0.25) is 0 Å². The fourth-order valence-electron chi connectivity index (χ4n) is 4.87. The summed E-state index contributed by atoms with van der Waals surface area (Å²) in [5, 5.41) is 0. The van der Waals surface area contributed by atoms with Gasteiger partial charge in [-0.15, -0.1) is 0 Å². The lowest BCUT2D eigenvalue weighted by atomic mass is 10.00. The number of piperidine rings is 2. The Kier molecular flexibility index (Phi) is 9.34. The van der Waals surface area contributed by atoms with Gasteiger partial charge in [-0.1, -0.05) is 12.1 Å². The molecule has 0 bridgehead atoms. The van der Waals surface area contributed by atoms with Gasteiger partial charge in [0, 0.05) is 37.1 Å². The predicted octanol–water partition coefficient (Wildman–Crippen LogP) is 4.59. The van der Waals surface area contributed by atoms with Crippen LogP contribution < -0.4 is 18.9 Å². The molecule has 2 saturated heterocycles. The summed E-state index contributed by atoms with van der Waals surface area (Å²) in [6.45, 7) is 7.05. The molecule has 2 fully saturated rings. The first-order chi connectivity index (χ1) is 16.6. The Morgan fingerprint density at radius 1 is 0.647 bits per heavy atom. The summed E-state index contributed by atoms with van der Waals surface area (Å²) >= 11 is 0. The molecule has 2 heterocycles. The SMILES string of the molecule is CN1CCCC(COc2cccc(OCCOc3cccc(OCC4CCCN(C)C4)c3)c2)C1. The first-order valence-corrected chi connectivity index (χ1v) is 12.7. The Labute approximate surface area is 204 Å². The quantitative estimate of drug-likeness (QED) is 0.450. The smallest absolute Gasteiger partial charge is 0.123 e. The van der Waals surface area contributed by atoms with Gasteiger partial charge >= 0.3 is 0 Å². The summed E-state index contributed by atoms with van der Waals surface area (Å²) in [6, 6.07) is 15.8. The van der Waals surface area contributed by atoms with E-state index in [1.807, 2.05) is 48.5 Å². The number of nitrogens with zero attached hydrogens (tertiary/aromatic N) is 2. The van der Waals surface area contributed by atoms with Crippen molar-refractivity contribution >= 4 is 0 Å². The second-order valence-electron chi connectivity index (χ2n) is 9.81. The van der Waals surface area contributed by atoms with E-state index in [0.717, 1.165) is 49.3 Å². The van der Waals surface area contributed by atoms with Crippen LogP contribution in [-0.4, -0.2) is 76.5 Å². The van der Waals surface area contributed by atoms with Crippen molar-refractivity contribution in [3.63, 3.8) is 0 Å². The molecular formula is C28H40N2O4. The van der Waals surface area contributed by atoms with Gasteiger partial charge in [0.15, 0.2) is 0 Å². The van der Waals surface area contributed by atoms with E-state index in [9.17, 15) is 0 Å². The van der Waals surface area contributed by atoms with Gasteiger partial charge in [-0.3, -0.25) is 0 Å². The van der Waals surface area contributed by atoms with Crippen LogP contribution in [0.1, 0.15) is 25.7 Å². The molecular weight excluding hydrogens is 428 g/mol. The number of hydrogen-bond acceptors (Lipinski definition) is 6. The molecule has 2 aliphatic heterocycles. The van der Waals surface area contributed by atoms with Gasteiger partial charge in [0.1, 0.15) is 36.2 Å². The van der Waals surface area contributed by atoms with E-state index in [4.69, 9.17) is 18.9 Å². The van der Waals surface area contributed by atoms with Crippen molar-refractivity contribution in [2.24, 2.45) is 11.8 Å². The maximum absolute atomic E-state index is 6.04. The van der Waals surface area contributed by atoms with Gasteiger partial charge in [-0.2, -0.15) is 0 Å². The molecule has 2 aliphatic rings. The monoisotopic (exact) mass is 468 g/mol. The Bertz CT molecular complexity index is 805. The van der Waals surface area contributed by atoms with E-state index in [0.29, 0.717) is 25.0 Å². The largest absolute Gasteiger partial charge is 0.493 e. The third-order valence-corrected chi connectivity index (χ3v) is 6.65. The first-order valence-electron chi connectivity index (χ1n) is 12.7. The molecule has 0 N–H and O–H groups in total. The maximum Gasteiger partial charge on any atom is 0.123 e. The molecule has 2 aromatic carbocycles. The van der Waals surface area contributed by atoms with Crippen molar-refractivity contribution in [3.8, 4) is 23.0 Å². The van der Waals surface area contributed by atoms with Crippen LogP contribution in [0.15, 0.2) is 48.5 Å². The van der Waals surface area contributed by atoms with E-state index in [-0.39, 0.29) is 0 Å².